The second-order valence-electron chi connectivity index (χ2n) is 4.43. The molecule has 1 aromatic carbocycles. The Morgan fingerprint density at radius 2 is 1.90 bits per heavy atom. The molecule has 20 heavy (non-hydrogen) atoms. The van der Waals surface area contributed by atoms with Crippen LogP contribution in [0.3, 0.4) is 0 Å². The lowest BCUT2D eigenvalue weighted by molar-refractivity contribution is 1.31. The normalized spacial score (nSPS) is 11.4. The molecule has 0 aliphatic rings. The molecule has 4 rings (SSSR count). The van der Waals surface area contributed by atoms with E-state index in [1.165, 1.54) is 11.3 Å². The van der Waals surface area contributed by atoms with Crippen molar-refractivity contribution in [2.45, 2.75) is 0 Å². The molecule has 7 heteroatoms. The zero-order valence-corrected chi connectivity index (χ0v) is 11.1. The third kappa shape index (κ3) is 1.68. The number of hydrogen-bond acceptors (Lipinski definition) is 6. The van der Waals surface area contributed by atoms with Crippen LogP contribution >= 0.6 is 11.3 Å². The van der Waals surface area contributed by atoms with Crippen LogP contribution in [0.2, 0.25) is 0 Å². The summed E-state index contributed by atoms with van der Waals surface area (Å²) in [7, 11) is 0. The number of fused-ring (bicyclic) bond motifs is 2. The third-order valence-corrected chi connectivity index (χ3v) is 3.89. The first-order valence-corrected chi connectivity index (χ1v) is 6.79. The topological polar surface area (TPSA) is 106 Å². The first-order chi connectivity index (χ1) is 9.69. The van der Waals surface area contributed by atoms with E-state index in [9.17, 15) is 0 Å². The van der Waals surface area contributed by atoms with Gasteiger partial charge in [0.2, 0.25) is 0 Å². The number of aromatic amines is 1. The predicted octanol–water partition coefficient (Wildman–Crippen LogP) is 2.40. The molecule has 0 aliphatic heterocycles. The Labute approximate surface area is 117 Å². The Morgan fingerprint density at radius 1 is 1.00 bits per heavy atom. The van der Waals surface area contributed by atoms with Crippen molar-refractivity contribution in [1.82, 2.24) is 19.9 Å². The minimum atomic E-state index is 0.459. The van der Waals surface area contributed by atoms with Crippen LogP contribution in [0.1, 0.15) is 0 Å². The minimum absolute atomic E-state index is 0.459. The van der Waals surface area contributed by atoms with Gasteiger partial charge in [-0.05, 0) is 30.3 Å². The molecule has 0 saturated carbocycles. The quantitative estimate of drug-likeness (QED) is 0.497. The summed E-state index contributed by atoms with van der Waals surface area (Å²) in [6.07, 6.45) is 0. The van der Waals surface area contributed by atoms with Gasteiger partial charge in [0.15, 0.2) is 10.8 Å². The molecule has 0 amide bonds. The number of nitrogens with two attached hydrogens (primary N) is 2. The van der Waals surface area contributed by atoms with Crippen LogP contribution < -0.4 is 11.5 Å². The van der Waals surface area contributed by atoms with Gasteiger partial charge in [0, 0.05) is 5.56 Å². The highest BCUT2D eigenvalue weighted by atomic mass is 32.1. The van der Waals surface area contributed by atoms with Crippen LogP contribution in [-0.4, -0.2) is 19.9 Å². The molecular formula is C13H10N6S. The summed E-state index contributed by atoms with van der Waals surface area (Å²) >= 11 is 1.46. The van der Waals surface area contributed by atoms with Gasteiger partial charge in [-0.3, -0.25) is 0 Å². The molecule has 3 heterocycles. The molecule has 6 nitrogen and oxygen atoms in total. The molecule has 4 aromatic rings. The zero-order chi connectivity index (χ0) is 13.7. The third-order valence-electron chi connectivity index (χ3n) is 3.05. The number of nitrogens with zero attached hydrogens (tertiary/aromatic N) is 3. The number of hydrogen-bond donors (Lipinski definition) is 3. The fourth-order valence-electron chi connectivity index (χ4n) is 2.13. The van der Waals surface area contributed by atoms with Gasteiger partial charge < -0.3 is 16.5 Å². The molecule has 3 aromatic heterocycles. The van der Waals surface area contributed by atoms with Crippen molar-refractivity contribution >= 4 is 43.7 Å². The Morgan fingerprint density at radius 3 is 2.80 bits per heavy atom. The van der Waals surface area contributed by atoms with Crippen molar-refractivity contribution in [3.05, 3.63) is 30.3 Å². The number of anilines is 2. The first kappa shape index (κ1) is 11.2. The van der Waals surface area contributed by atoms with Crippen LogP contribution in [0.4, 0.5) is 10.9 Å². The van der Waals surface area contributed by atoms with Crippen molar-refractivity contribution in [1.29, 1.82) is 0 Å². The fourth-order valence-corrected chi connectivity index (χ4v) is 2.91. The highest BCUT2D eigenvalue weighted by Gasteiger charge is 2.09. The summed E-state index contributed by atoms with van der Waals surface area (Å²) in [5.41, 5.74) is 14.7. The van der Waals surface area contributed by atoms with E-state index < -0.39 is 0 Å². The van der Waals surface area contributed by atoms with Gasteiger partial charge in [0.25, 0.3) is 0 Å². The summed E-state index contributed by atoms with van der Waals surface area (Å²) in [4.78, 5) is 16.1. The van der Waals surface area contributed by atoms with Gasteiger partial charge in [0.05, 0.1) is 15.7 Å². The molecule has 0 atom stereocenters. The number of H-pyrrole nitrogens is 1. The van der Waals surface area contributed by atoms with Crippen molar-refractivity contribution in [2.75, 3.05) is 11.5 Å². The Hall–Kier alpha value is -2.67. The number of benzene rings is 1. The molecule has 98 valence electrons. The molecule has 0 aliphatic carbocycles. The first-order valence-electron chi connectivity index (χ1n) is 5.98. The Balaban J connectivity index is 1.90. The Bertz CT molecular complexity index is 938. The van der Waals surface area contributed by atoms with E-state index in [0.717, 1.165) is 27.1 Å². The van der Waals surface area contributed by atoms with Crippen LogP contribution in [0, 0.1) is 0 Å². The van der Waals surface area contributed by atoms with E-state index in [1.54, 1.807) is 6.07 Å². The van der Waals surface area contributed by atoms with E-state index in [-0.39, 0.29) is 0 Å². The van der Waals surface area contributed by atoms with E-state index in [4.69, 9.17) is 11.5 Å². The van der Waals surface area contributed by atoms with E-state index >= 15 is 0 Å². The van der Waals surface area contributed by atoms with Gasteiger partial charge in [-0.15, -0.1) is 0 Å². The second-order valence-corrected chi connectivity index (χ2v) is 5.49. The molecule has 0 saturated heterocycles. The summed E-state index contributed by atoms with van der Waals surface area (Å²) in [5, 5.41) is 0.566. The SMILES string of the molecule is Nc1ccc2[nH]c(-c3ccc4nc(N)sc4c3)nc2n1. The predicted molar refractivity (Wildman–Crippen MR) is 81.3 cm³/mol. The van der Waals surface area contributed by atoms with Crippen molar-refractivity contribution < 1.29 is 0 Å². The van der Waals surface area contributed by atoms with Gasteiger partial charge in [-0.2, -0.15) is 0 Å². The lowest BCUT2D eigenvalue weighted by atomic mass is 10.2. The largest absolute Gasteiger partial charge is 0.384 e. The van der Waals surface area contributed by atoms with E-state index in [0.29, 0.717) is 16.6 Å². The highest BCUT2D eigenvalue weighted by molar-refractivity contribution is 7.22. The summed E-state index contributed by atoms with van der Waals surface area (Å²) in [6, 6.07) is 9.54. The van der Waals surface area contributed by atoms with E-state index in [2.05, 4.69) is 19.9 Å². The van der Waals surface area contributed by atoms with Gasteiger partial charge in [-0.1, -0.05) is 11.3 Å². The van der Waals surface area contributed by atoms with Gasteiger partial charge in [0.1, 0.15) is 11.6 Å². The molecular weight excluding hydrogens is 272 g/mol. The summed E-state index contributed by atoms with van der Waals surface area (Å²) in [5.74, 6) is 1.22. The molecule has 0 bridgehead atoms. The molecule has 0 fully saturated rings. The number of nitrogens with one attached hydrogen (secondary N) is 1. The monoisotopic (exact) mass is 282 g/mol. The lowest BCUT2D eigenvalue weighted by Crippen LogP contribution is -1.88. The fraction of sp³-hybridized carbons (Fsp3) is 0. The van der Waals surface area contributed by atoms with Crippen molar-refractivity contribution in [2.24, 2.45) is 0 Å². The number of nitrogen functional groups attached to an aromatic ring is 2. The van der Waals surface area contributed by atoms with Crippen LogP contribution in [0.5, 0.6) is 0 Å². The van der Waals surface area contributed by atoms with Crippen LogP contribution in [-0.2, 0) is 0 Å². The number of thiazole rings is 1. The zero-order valence-electron chi connectivity index (χ0n) is 10.3. The minimum Gasteiger partial charge on any atom is -0.384 e. The van der Waals surface area contributed by atoms with Gasteiger partial charge >= 0.3 is 0 Å². The number of imidazole rings is 1. The second kappa shape index (κ2) is 3.91. The summed E-state index contributed by atoms with van der Waals surface area (Å²) in [6.45, 7) is 0. The van der Waals surface area contributed by atoms with Gasteiger partial charge in [-0.25, -0.2) is 15.0 Å². The van der Waals surface area contributed by atoms with Crippen molar-refractivity contribution in [3.8, 4) is 11.4 Å². The van der Waals surface area contributed by atoms with Crippen LogP contribution in [0.15, 0.2) is 30.3 Å². The van der Waals surface area contributed by atoms with Crippen LogP contribution in [0.25, 0.3) is 32.8 Å². The molecule has 5 N–H and O–H groups in total. The molecule has 0 unspecified atom stereocenters. The molecule has 0 radical (unpaired) electrons. The standard InChI is InChI=1S/C13H10N6S/c14-10-4-3-8-12(18-10)19-11(16-8)6-1-2-7-9(5-6)20-13(15)17-7/h1-5H,(H2,15,17)(H3,14,16,18,19). The lowest BCUT2D eigenvalue weighted by Gasteiger charge is -1.95. The van der Waals surface area contributed by atoms with E-state index in [1.807, 2.05) is 24.3 Å². The number of pyridine rings is 1. The molecule has 0 spiro atoms. The number of rotatable bonds is 1. The Kier molecular flexibility index (Phi) is 2.19. The summed E-state index contributed by atoms with van der Waals surface area (Å²) < 4.78 is 1.04. The average Bonchev–Trinajstić information content (AvgIpc) is 2.99. The maximum absolute atomic E-state index is 5.72. The number of aromatic nitrogens is 4. The van der Waals surface area contributed by atoms with Crippen molar-refractivity contribution in [3.63, 3.8) is 0 Å². The highest BCUT2D eigenvalue weighted by Crippen LogP contribution is 2.28. The maximum atomic E-state index is 5.72. The smallest absolute Gasteiger partial charge is 0.181 e. The average molecular weight is 282 g/mol. The maximum Gasteiger partial charge on any atom is 0.181 e.